The molecule has 2 atom stereocenters. The molecule has 2 aromatic rings. The van der Waals surface area contributed by atoms with Gasteiger partial charge in [-0.05, 0) is 67.6 Å². The minimum Gasteiger partial charge on any atom is -0.492 e. The van der Waals surface area contributed by atoms with Crippen molar-refractivity contribution in [1.29, 1.82) is 0 Å². The van der Waals surface area contributed by atoms with E-state index in [1.807, 2.05) is 0 Å². The average Bonchev–Trinajstić information content (AvgIpc) is 2.61. The van der Waals surface area contributed by atoms with E-state index in [4.69, 9.17) is 10.5 Å². The third-order valence-corrected chi connectivity index (χ3v) is 5.74. The van der Waals surface area contributed by atoms with E-state index < -0.39 is 0 Å². The summed E-state index contributed by atoms with van der Waals surface area (Å²) in [6.07, 6.45) is 4.91. The van der Waals surface area contributed by atoms with Gasteiger partial charge in [0, 0.05) is 18.5 Å². The second-order valence-electron chi connectivity index (χ2n) is 7.29. The highest BCUT2D eigenvalue weighted by Gasteiger charge is 2.35. The monoisotopic (exact) mass is 336 g/mol. The highest BCUT2D eigenvalue weighted by atomic mass is 16.5. The Kier molecular flexibility index (Phi) is 5.04. The van der Waals surface area contributed by atoms with Gasteiger partial charge in [-0.3, -0.25) is 4.90 Å². The van der Waals surface area contributed by atoms with Crippen LogP contribution in [0.1, 0.15) is 35.4 Å². The number of aryl methyl sites for hydroxylation is 1. The van der Waals surface area contributed by atoms with Crippen molar-refractivity contribution < 1.29 is 4.74 Å². The molecule has 3 heteroatoms. The molecule has 1 aliphatic heterocycles. The van der Waals surface area contributed by atoms with E-state index in [1.165, 1.54) is 49.0 Å². The van der Waals surface area contributed by atoms with Gasteiger partial charge in [-0.25, -0.2) is 0 Å². The number of nitrogens with two attached hydrogens (primary N) is 1. The number of ether oxygens (including phenoxy) is 1. The van der Waals surface area contributed by atoms with E-state index in [1.54, 1.807) is 0 Å². The van der Waals surface area contributed by atoms with Crippen molar-refractivity contribution in [3.63, 3.8) is 0 Å². The van der Waals surface area contributed by atoms with Crippen LogP contribution < -0.4 is 10.5 Å². The van der Waals surface area contributed by atoms with Crippen LogP contribution in [0.25, 0.3) is 0 Å². The number of rotatable bonds is 6. The van der Waals surface area contributed by atoms with Gasteiger partial charge < -0.3 is 10.5 Å². The maximum Gasteiger partial charge on any atom is 0.119 e. The Balaban J connectivity index is 1.65. The summed E-state index contributed by atoms with van der Waals surface area (Å²) in [5.41, 5.74) is 10.0. The molecular weight excluding hydrogens is 308 g/mol. The Labute approximate surface area is 150 Å². The van der Waals surface area contributed by atoms with E-state index in [9.17, 15) is 0 Å². The number of hydrogen-bond acceptors (Lipinski definition) is 3. The fourth-order valence-corrected chi connectivity index (χ4v) is 4.35. The fraction of sp³-hybridized carbons (Fsp3) is 0.455. The predicted octanol–water partition coefficient (Wildman–Crippen LogP) is 3.37. The van der Waals surface area contributed by atoms with Crippen LogP contribution in [0.15, 0.2) is 48.5 Å². The predicted molar refractivity (Wildman–Crippen MR) is 102 cm³/mol. The van der Waals surface area contributed by atoms with Gasteiger partial charge in [-0.2, -0.15) is 0 Å². The molecule has 1 aliphatic carbocycles. The van der Waals surface area contributed by atoms with Crippen molar-refractivity contribution in [2.45, 2.75) is 37.6 Å². The van der Waals surface area contributed by atoms with Crippen LogP contribution in [0, 0.1) is 0 Å². The van der Waals surface area contributed by atoms with Crippen LogP contribution in [-0.4, -0.2) is 37.2 Å². The molecule has 1 fully saturated rings. The lowest BCUT2D eigenvalue weighted by Crippen LogP contribution is -2.49. The molecule has 2 aromatic carbocycles. The lowest BCUT2D eigenvalue weighted by Gasteiger charge is -2.45. The van der Waals surface area contributed by atoms with Crippen LogP contribution >= 0.6 is 0 Å². The first-order valence-electron chi connectivity index (χ1n) is 9.59. The Morgan fingerprint density at radius 1 is 1.08 bits per heavy atom. The van der Waals surface area contributed by atoms with Crippen molar-refractivity contribution in [3.8, 4) is 5.75 Å². The Hall–Kier alpha value is -1.84. The molecule has 0 spiro atoms. The van der Waals surface area contributed by atoms with Gasteiger partial charge in [0.05, 0.1) is 0 Å². The normalized spacial score (nSPS) is 22.9. The second kappa shape index (κ2) is 7.59. The summed E-state index contributed by atoms with van der Waals surface area (Å²) in [6.45, 7) is 3.65. The molecule has 25 heavy (non-hydrogen) atoms. The standard InChI is InChI=1S/C22H28N2O/c23-11-14-25-19-9-7-18-8-10-22(24-12-4-13-24)21(20(18)16-19)15-17-5-2-1-3-6-17/h1-3,5-7,9,16,21-22H,4,8,10-15,23H2. The van der Waals surface area contributed by atoms with Gasteiger partial charge in [0.15, 0.2) is 0 Å². The molecule has 2 unspecified atom stereocenters. The quantitative estimate of drug-likeness (QED) is 0.879. The van der Waals surface area contributed by atoms with Crippen LogP contribution in [0.5, 0.6) is 5.75 Å². The molecule has 2 aliphatic rings. The molecule has 2 N–H and O–H groups in total. The molecule has 0 aromatic heterocycles. The fourth-order valence-electron chi connectivity index (χ4n) is 4.35. The Morgan fingerprint density at radius 3 is 2.64 bits per heavy atom. The Morgan fingerprint density at radius 2 is 1.92 bits per heavy atom. The van der Waals surface area contributed by atoms with Gasteiger partial charge in [-0.1, -0.05) is 36.4 Å². The summed E-state index contributed by atoms with van der Waals surface area (Å²) in [4.78, 5) is 2.68. The summed E-state index contributed by atoms with van der Waals surface area (Å²) in [5, 5.41) is 0. The average molecular weight is 336 g/mol. The zero-order valence-corrected chi connectivity index (χ0v) is 14.9. The summed E-state index contributed by atoms with van der Waals surface area (Å²) >= 11 is 0. The molecular formula is C22H28N2O. The van der Waals surface area contributed by atoms with Gasteiger partial charge in [0.1, 0.15) is 12.4 Å². The summed E-state index contributed by atoms with van der Waals surface area (Å²) in [7, 11) is 0. The second-order valence-corrected chi connectivity index (χ2v) is 7.29. The van der Waals surface area contributed by atoms with E-state index >= 15 is 0 Å². The number of nitrogens with zero attached hydrogens (tertiary/aromatic N) is 1. The van der Waals surface area contributed by atoms with Crippen LogP contribution in [-0.2, 0) is 12.8 Å². The first-order valence-corrected chi connectivity index (χ1v) is 9.59. The molecule has 3 nitrogen and oxygen atoms in total. The molecule has 132 valence electrons. The number of fused-ring (bicyclic) bond motifs is 1. The molecule has 4 rings (SSSR count). The third-order valence-electron chi connectivity index (χ3n) is 5.74. The van der Waals surface area contributed by atoms with Gasteiger partial charge in [0.2, 0.25) is 0 Å². The maximum atomic E-state index is 5.82. The molecule has 1 saturated heterocycles. The summed E-state index contributed by atoms with van der Waals surface area (Å²) < 4.78 is 5.82. The molecule has 0 saturated carbocycles. The van der Waals surface area contributed by atoms with E-state index in [2.05, 4.69) is 53.4 Å². The summed E-state index contributed by atoms with van der Waals surface area (Å²) in [6, 6.07) is 18.2. The van der Waals surface area contributed by atoms with Crippen molar-refractivity contribution in [3.05, 3.63) is 65.2 Å². The maximum absolute atomic E-state index is 5.82. The SMILES string of the molecule is NCCOc1ccc2c(c1)C(Cc1ccccc1)C(N1CCC1)CC2. The minimum absolute atomic E-state index is 0.549. The lowest BCUT2D eigenvalue weighted by molar-refractivity contribution is 0.0876. The zero-order valence-electron chi connectivity index (χ0n) is 14.9. The van der Waals surface area contributed by atoms with Crippen LogP contribution in [0.2, 0.25) is 0 Å². The number of benzene rings is 2. The highest BCUT2D eigenvalue weighted by Crippen LogP contribution is 2.40. The molecule has 0 radical (unpaired) electrons. The van der Waals surface area contributed by atoms with Crippen molar-refractivity contribution in [2.75, 3.05) is 26.2 Å². The van der Waals surface area contributed by atoms with E-state index in [-0.39, 0.29) is 0 Å². The smallest absolute Gasteiger partial charge is 0.119 e. The minimum atomic E-state index is 0.549. The Bertz CT molecular complexity index is 696. The van der Waals surface area contributed by atoms with Gasteiger partial charge in [0.25, 0.3) is 0 Å². The van der Waals surface area contributed by atoms with Crippen molar-refractivity contribution in [1.82, 2.24) is 4.90 Å². The van der Waals surface area contributed by atoms with Gasteiger partial charge >= 0.3 is 0 Å². The van der Waals surface area contributed by atoms with E-state index in [0.29, 0.717) is 25.1 Å². The van der Waals surface area contributed by atoms with Crippen LogP contribution in [0.3, 0.4) is 0 Å². The number of likely N-dealkylation sites (tertiary alicyclic amines) is 1. The first-order chi connectivity index (χ1) is 12.3. The van der Waals surface area contributed by atoms with Crippen molar-refractivity contribution >= 4 is 0 Å². The number of hydrogen-bond donors (Lipinski definition) is 1. The topological polar surface area (TPSA) is 38.5 Å². The largest absolute Gasteiger partial charge is 0.492 e. The van der Waals surface area contributed by atoms with E-state index in [0.717, 1.165) is 12.2 Å². The zero-order chi connectivity index (χ0) is 17.1. The first kappa shape index (κ1) is 16.6. The summed E-state index contributed by atoms with van der Waals surface area (Å²) in [5.74, 6) is 1.51. The molecule has 1 heterocycles. The lowest BCUT2D eigenvalue weighted by atomic mass is 9.75. The van der Waals surface area contributed by atoms with Gasteiger partial charge in [-0.15, -0.1) is 0 Å². The highest BCUT2D eigenvalue weighted by molar-refractivity contribution is 5.42. The van der Waals surface area contributed by atoms with Crippen LogP contribution in [0.4, 0.5) is 0 Å². The molecule has 0 amide bonds. The molecule has 0 bridgehead atoms. The van der Waals surface area contributed by atoms with Crippen molar-refractivity contribution in [2.24, 2.45) is 5.73 Å². The third kappa shape index (κ3) is 3.58.